The Morgan fingerprint density at radius 2 is 1.47 bits per heavy atom. The highest BCUT2D eigenvalue weighted by Gasteiger charge is 2.20. The minimum Gasteiger partial charge on any atom is -0.497 e. The fourth-order valence-corrected chi connectivity index (χ4v) is 3.15. The van der Waals surface area contributed by atoms with Gasteiger partial charge in [-0.25, -0.2) is 0 Å². The molecule has 1 N–H and O–H groups in total. The lowest BCUT2D eigenvalue weighted by Crippen LogP contribution is -2.43. The first-order chi connectivity index (χ1) is 16.3. The van der Waals surface area contributed by atoms with Crippen molar-refractivity contribution in [2.75, 3.05) is 60.4 Å². The quantitative estimate of drug-likeness (QED) is 0.465. The second-order valence-electron chi connectivity index (χ2n) is 7.47. The van der Waals surface area contributed by atoms with Crippen molar-refractivity contribution in [3.05, 3.63) is 48.0 Å². The average molecular weight is 474 g/mol. The number of anilines is 1. The van der Waals surface area contributed by atoms with Crippen molar-refractivity contribution in [2.45, 2.75) is 6.54 Å². The predicted octanol–water partition coefficient (Wildman–Crippen LogP) is 1.78. The summed E-state index contributed by atoms with van der Waals surface area (Å²) in [5.41, 5.74) is 1.34. The summed E-state index contributed by atoms with van der Waals surface area (Å²) in [6.07, 6.45) is 0. The van der Waals surface area contributed by atoms with Crippen LogP contribution in [0, 0.1) is 0 Å². The first-order valence-electron chi connectivity index (χ1n) is 10.5. The van der Waals surface area contributed by atoms with Crippen LogP contribution in [0.3, 0.4) is 0 Å². The third-order valence-corrected chi connectivity index (χ3v) is 4.92. The topological polar surface area (TPSA) is 107 Å². The smallest absolute Gasteiger partial charge is 0.319 e. The normalized spacial score (nSPS) is 10.4. The molecule has 0 bridgehead atoms. The third kappa shape index (κ3) is 8.28. The van der Waals surface area contributed by atoms with Crippen molar-refractivity contribution in [1.29, 1.82) is 0 Å². The predicted molar refractivity (Wildman–Crippen MR) is 126 cm³/mol. The molecular formula is C24H31N3O7. The van der Waals surface area contributed by atoms with Gasteiger partial charge in [0.2, 0.25) is 11.8 Å². The molecule has 0 aliphatic rings. The summed E-state index contributed by atoms with van der Waals surface area (Å²) in [7, 11) is 7.43. The molecule has 2 amide bonds. The maximum atomic E-state index is 12.8. The molecule has 0 unspecified atom stereocenters. The molecule has 0 heterocycles. The van der Waals surface area contributed by atoms with Crippen molar-refractivity contribution >= 4 is 23.5 Å². The van der Waals surface area contributed by atoms with E-state index >= 15 is 0 Å². The average Bonchev–Trinajstić information content (AvgIpc) is 2.83. The van der Waals surface area contributed by atoms with Crippen molar-refractivity contribution in [3.63, 3.8) is 0 Å². The lowest BCUT2D eigenvalue weighted by Gasteiger charge is -2.24. The van der Waals surface area contributed by atoms with E-state index in [-0.39, 0.29) is 38.0 Å². The fourth-order valence-electron chi connectivity index (χ4n) is 3.15. The van der Waals surface area contributed by atoms with Crippen LogP contribution in [0.15, 0.2) is 42.5 Å². The Labute approximate surface area is 199 Å². The summed E-state index contributed by atoms with van der Waals surface area (Å²) in [5.74, 6) is 0.603. The Balaban J connectivity index is 2.04. The lowest BCUT2D eigenvalue weighted by molar-refractivity contribution is -0.143. The van der Waals surface area contributed by atoms with Crippen LogP contribution < -0.4 is 19.5 Å². The van der Waals surface area contributed by atoms with Crippen LogP contribution in [0.4, 0.5) is 5.69 Å². The van der Waals surface area contributed by atoms with E-state index in [0.29, 0.717) is 22.9 Å². The summed E-state index contributed by atoms with van der Waals surface area (Å²) in [6, 6.07) is 12.2. The van der Waals surface area contributed by atoms with Gasteiger partial charge in [-0.15, -0.1) is 0 Å². The van der Waals surface area contributed by atoms with Crippen molar-refractivity contribution < 1.29 is 33.3 Å². The number of nitrogens with zero attached hydrogens (tertiary/aromatic N) is 2. The molecule has 0 spiro atoms. The van der Waals surface area contributed by atoms with Crippen LogP contribution in [-0.2, 0) is 25.7 Å². The van der Waals surface area contributed by atoms with Gasteiger partial charge in [0.15, 0.2) is 0 Å². The van der Waals surface area contributed by atoms with Crippen LogP contribution in [0.5, 0.6) is 17.2 Å². The maximum Gasteiger partial charge on any atom is 0.319 e. The molecule has 0 aliphatic heterocycles. The van der Waals surface area contributed by atoms with E-state index in [1.807, 2.05) is 0 Å². The molecule has 0 aliphatic carbocycles. The van der Waals surface area contributed by atoms with Gasteiger partial charge in [0, 0.05) is 31.4 Å². The van der Waals surface area contributed by atoms with Gasteiger partial charge >= 0.3 is 5.97 Å². The molecule has 0 saturated heterocycles. The fraction of sp³-hybridized carbons (Fsp3) is 0.375. The van der Waals surface area contributed by atoms with Crippen molar-refractivity contribution in [1.82, 2.24) is 9.80 Å². The number of hydrogen-bond donors (Lipinski definition) is 1. The number of esters is 1. The molecule has 0 radical (unpaired) electrons. The zero-order valence-corrected chi connectivity index (χ0v) is 20.1. The lowest BCUT2D eigenvalue weighted by atomic mass is 10.2. The highest BCUT2D eigenvalue weighted by Crippen LogP contribution is 2.23. The number of likely N-dealkylation sites (N-methyl/N-ethyl adjacent to an activating group) is 1. The molecule has 2 aromatic rings. The Kier molecular flexibility index (Phi) is 10.2. The molecule has 10 nitrogen and oxygen atoms in total. The van der Waals surface area contributed by atoms with E-state index in [1.54, 1.807) is 61.6 Å². The van der Waals surface area contributed by atoms with E-state index in [4.69, 9.17) is 18.9 Å². The number of hydrogen-bond acceptors (Lipinski definition) is 8. The number of benzene rings is 2. The van der Waals surface area contributed by atoms with Crippen molar-refractivity contribution in [3.8, 4) is 17.2 Å². The summed E-state index contributed by atoms with van der Waals surface area (Å²) < 4.78 is 20.5. The SMILES string of the molecule is COC(=O)CN(CC(=O)N(C)CC(=O)Nc1cccc(OC)c1)Cc1cc(OC)cc(OC)c1. The van der Waals surface area contributed by atoms with Crippen molar-refractivity contribution in [2.24, 2.45) is 0 Å². The van der Waals surface area contributed by atoms with Gasteiger partial charge in [0.1, 0.15) is 17.2 Å². The van der Waals surface area contributed by atoms with E-state index in [1.165, 1.54) is 26.2 Å². The standard InChI is InChI=1S/C24H31N3O7/c1-26(14-22(28)25-18-7-6-8-19(11-18)31-2)23(29)15-27(16-24(30)34-5)13-17-9-20(32-3)12-21(10-17)33-4/h6-12H,13-16H2,1-5H3,(H,25,28). The number of nitrogens with one attached hydrogen (secondary N) is 1. The maximum absolute atomic E-state index is 12.8. The Bertz CT molecular complexity index is 974. The van der Waals surface area contributed by atoms with Gasteiger partial charge in [-0.05, 0) is 29.8 Å². The monoisotopic (exact) mass is 473 g/mol. The van der Waals surface area contributed by atoms with Gasteiger partial charge in [0.25, 0.3) is 0 Å². The molecule has 0 saturated carbocycles. The van der Waals surface area contributed by atoms with Gasteiger partial charge < -0.3 is 29.2 Å². The number of carbonyl (C=O) groups is 3. The molecule has 0 atom stereocenters. The summed E-state index contributed by atoms with van der Waals surface area (Å²) >= 11 is 0. The molecule has 0 aromatic heterocycles. The molecule has 10 heteroatoms. The summed E-state index contributed by atoms with van der Waals surface area (Å²) in [5, 5.41) is 2.73. The molecular weight excluding hydrogens is 442 g/mol. The number of ether oxygens (including phenoxy) is 4. The van der Waals surface area contributed by atoms with E-state index < -0.39 is 5.97 Å². The summed E-state index contributed by atoms with van der Waals surface area (Å²) in [4.78, 5) is 40.1. The zero-order valence-electron chi connectivity index (χ0n) is 20.1. The second-order valence-corrected chi connectivity index (χ2v) is 7.47. The number of rotatable bonds is 12. The highest BCUT2D eigenvalue weighted by atomic mass is 16.5. The zero-order chi connectivity index (χ0) is 25.1. The van der Waals surface area contributed by atoms with Crippen LogP contribution in [-0.4, -0.2) is 82.7 Å². The van der Waals surface area contributed by atoms with Crippen LogP contribution in [0.1, 0.15) is 5.56 Å². The largest absolute Gasteiger partial charge is 0.497 e. The minimum atomic E-state index is -0.485. The van der Waals surface area contributed by atoms with Crippen LogP contribution in [0.2, 0.25) is 0 Å². The first kappa shape index (κ1) is 26.5. The molecule has 34 heavy (non-hydrogen) atoms. The first-order valence-corrected chi connectivity index (χ1v) is 10.5. The van der Waals surface area contributed by atoms with Crippen LogP contribution >= 0.6 is 0 Å². The van der Waals surface area contributed by atoms with Gasteiger partial charge in [0.05, 0.1) is 48.1 Å². The Morgan fingerprint density at radius 3 is 2.06 bits per heavy atom. The molecule has 2 aromatic carbocycles. The number of carbonyl (C=O) groups excluding carboxylic acids is 3. The van der Waals surface area contributed by atoms with E-state index in [2.05, 4.69) is 5.32 Å². The Hall–Kier alpha value is -3.79. The van der Waals surface area contributed by atoms with E-state index in [9.17, 15) is 14.4 Å². The second kappa shape index (κ2) is 13.0. The third-order valence-electron chi connectivity index (χ3n) is 4.92. The molecule has 2 rings (SSSR count). The number of methoxy groups -OCH3 is 4. The van der Waals surface area contributed by atoms with Crippen LogP contribution in [0.25, 0.3) is 0 Å². The summed E-state index contributed by atoms with van der Waals surface area (Å²) in [6.45, 7) is -0.101. The van der Waals surface area contributed by atoms with Gasteiger partial charge in [-0.3, -0.25) is 19.3 Å². The number of amides is 2. The van der Waals surface area contributed by atoms with Gasteiger partial charge in [-0.1, -0.05) is 6.07 Å². The minimum absolute atomic E-state index is 0.0996. The van der Waals surface area contributed by atoms with E-state index in [0.717, 1.165) is 5.56 Å². The molecule has 184 valence electrons. The van der Waals surface area contributed by atoms with Gasteiger partial charge in [-0.2, -0.15) is 0 Å². The Morgan fingerprint density at radius 1 is 0.824 bits per heavy atom. The molecule has 0 fully saturated rings. The highest BCUT2D eigenvalue weighted by molar-refractivity contribution is 5.94.